The first-order valence-electron chi connectivity index (χ1n) is 17.9. The van der Waals surface area contributed by atoms with Crippen LogP contribution in [0.4, 0.5) is 4.79 Å². The highest BCUT2D eigenvalue weighted by atomic mass is 32.3. The van der Waals surface area contributed by atoms with Crippen molar-refractivity contribution >= 4 is 46.3 Å². The van der Waals surface area contributed by atoms with Gasteiger partial charge in [-0.15, -0.1) is 8.42 Å². The Morgan fingerprint density at radius 1 is 0.746 bits per heavy atom. The van der Waals surface area contributed by atoms with Gasteiger partial charge in [-0.1, -0.05) is 12.1 Å². The molecule has 1 fully saturated rings. The highest BCUT2D eigenvalue weighted by Gasteiger charge is 2.53. The van der Waals surface area contributed by atoms with E-state index in [1.54, 1.807) is 20.8 Å². The van der Waals surface area contributed by atoms with Gasteiger partial charge in [0.1, 0.15) is 24.1 Å². The molecule has 1 aliphatic rings. The third-order valence-corrected chi connectivity index (χ3v) is 8.12. The number of carbonyl (C=O) groups is 6. The molecule has 0 aliphatic carbocycles. The number of nitrogens with one attached hydrogen (secondary N) is 2. The first kappa shape index (κ1) is 47.7. The van der Waals surface area contributed by atoms with Crippen LogP contribution in [-0.2, 0) is 69.3 Å². The van der Waals surface area contributed by atoms with Crippen molar-refractivity contribution in [2.45, 2.75) is 91.4 Å². The summed E-state index contributed by atoms with van der Waals surface area (Å²) in [7, 11) is -5.01. The first-order chi connectivity index (χ1) is 27.7. The number of carbonyl (C=O) groups excluding carboxylic acids is 6. The van der Waals surface area contributed by atoms with Gasteiger partial charge in [-0.3, -0.25) is 24.0 Å². The molecule has 2 amide bonds. The highest BCUT2D eigenvalue weighted by molar-refractivity contribution is 7.82. The summed E-state index contributed by atoms with van der Waals surface area (Å²) >= 11 is 0. The number of esters is 4. The predicted molar refractivity (Wildman–Crippen MR) is 199 cm³/mol. The molecule has 1 aliphatic heterocycles. The lowest BCUT2D eigenvalue weighted by molar-refractivity contribution is -0.288. The molecule has 2 aromatic carbocycles. The molecule has 0 radical (unpaired) electrons. The van der Waals surface area contributed by atoms with Crippen LogP contribution in [0.15, 0.2) is 42.5 Å². The number of rotatable bonds is 19. The second kappa shape index (κ2) is 21.9. The number of hydrogen-bond donors (Lipinski definition) is 3. The maximum absolute atomic E-state index is 13.2. The molecule has 326 valence electrons. The van der Waals surface area contributed by atoms with Gasteiger partial charge in [0, 0.05) is 46.3 Å². The third kappa shape index (κ3) is 16.6. The maximum atomic E-state index is 13.2. The lowest BCUT2D eigenvalue weighted by atomic mass is 9.98. The van der Waals surface area contributed by atoms with Gasteiger partial charge in [0.25, 0.3) is 5.91 Å². The van der Waals surface area contributed by atoms with E-state index in [1.807, 2.05) is 0 Å². The Kier molecular flexibility index (Phi) is 17.7. The van der Waals surface area contributed by atoms with Crippen molar-refractivity contribution in [3.05, 3.63) is 53.6 Å². The minimum atomic E-state index is -5.01. The summed E-state index contributed by atoms with van der Waals surface area (Å²) in [5.74, 6) is -5.50. The normalized spacial score (nSPS) is 18.9. The molecule has 0 aromatic heterocycles. The van der Waals surface area contributed by atoms with Gasteiger partial charge in [0.05, 0.1) is 19.8 Å². The summed E-state index contributed by atoms with van der Waals surface area (Å²) < 4.78 is 80.6. The van der Waals surface area contributed by atoms with Gasteiger partial charge in [-0.05, 0) is 56.7 Å². The summed E-state index contributed by atoms with van der Waals surface area (Å²) in [6.45, 7) is 8.65. The van der Waals surface area contributed by atoms with Crippen molar-refractivity contribution in [2.24, 2.45) is 0 Å². The predicted octanol–water partition coefficient (Wildman–Crippen LogP) is 1.61. The zero-order valence-corrected chi connectivity index (χ0v) is 34.2. The van der Waals surface area contributed by atoms with Crippen LogP contribution in [0.3, 0.4) is 0 Å². The number of alkyl carbamates (subject to hydrolysis) is 1. The number of amides is 2. The molecule has 0 spiro atoms. The SMILES string of the molecule is CC(=O)OC[C@H]1OC(Oc2ccc(C(=O)NCCOCCNC(=O)OC(C)(C)C)cc2OS(=O)(=O)Oc2ccc(CO)cc2)[C@H](OC(C)=O)[C@@H](OC(C)=O)[C@H]1OC(C)=O. The first-order valence-corrected chi connectivity index (χ1v) is 19.3. The van der Waals surface area contributed by atoms with Crippen LogP contribution >= 0.6 is 0 Å². The maximum Gasteiger partial charge on any atom is 0.501 e. The molecule has 1 heterocycles. The standard InChI is InChI=1S/C37H48N2O19S/c1-21(41)50-20-30-31(51-22(2)42)32(52-23(3)43)33(53-24(4)44)35(55-30)54-28-13-10-26(34(45)38-14-16-49-17-15-39-36(46)56-37(5,6)7)18-29(28)58-59(47,48)57-27-11-8-25(19-40)9-12-27/h8-13,18,30-33,35,40H,14-17,19-20H2,1-7H3,(H,38,45)(H,39,46)/t30-,31+,32+,33-,35?/m1/s1. The van der Waals surface area contributed by atoms with E-state index in [0.29, 0.717) is 5.56 Å². The van der Waals surface area contributed by atoms with Crippen LogP contribution in [0, 0.1) is 0 Å². The monoisotopic (exact) mass is 856 g/mol. The molecule has 0 saturated carbocycles. The van der Waals surface area contributed by atoms with Crippen LogP contribution < -0.4 is 23.7 Å². The zero-order chi connectivity index (χ0) is 43.9. The fourth-order valence-electron chi connectivity index (χ4n) is 5.10. The average Bonchev–Trinajstić information content (AvgIpc) is 3.12. The molecule has 5 atom stereocenters. The van der Waals surface area contributed by atoms with E-state index in [9.17, 15) is 42.3 Å². The summed E-state index contributed by atoms with van der Waals surface area (Å²) in [6, 6.07) is 8.61. The van der Waals surface area contributed by atoms with E-state index < -0.39 is 101 Å². The fraction of sp³-hybridized carbons (Fsp3) is 0.514. The summed E-state index contributed by atoms with van der Waals surface area (Å²) in [6.07, 6.45) is -8.70. The van der Waals surface area contributed by atoms with E-state index in [-0.39, 0.29) is 44.2 Å². The lowest BCUT2D eigenvalue weighted by Gasteiger charge is -2.43. The smallest absolute Gasteiger partial charge is 0.463 e. The van der Waals surface area contributed by atoms with Crippen LogP contribution in [0.1, 0.15) is 64.4 Å². The highest BCUT2D eigenvalue weighted by Crippen LogP contribution is 2.36. The van der Waals surface area contributed by atoms with Crippen LogP contribution in [-0.4, -0.2) is 119 Å². The van der Waals surface area contributed by atoms with E-state index >= 15 is 0 Å². The molecule has 22 heteroatoms. The van der Waals surface area contributed by atoms with Gasteiger partial charge < -0.3 is 62.0 Å². The summed E-state index contributed by atoms with van der Waals surface area (Å²) in [5, 5.41) is 14.4. The summed E-state index contributed by atoms with van der Waals surface area (Å²) in [5.41, 5.74) is -0.370. The largest absolute Gasteiger partial charge is 0.501 e. The molecule has 0 bridgehead atoms. The Bertz CT molecular complexity index is 1900. The number of aliphatic hydroxyl groups is 1. The Balaban J connectivity index is 1.93. The zero-order valence-electron chi connectivity index (χ0n) is 33.4. The summed E-state index contributed by atoms with van der Waals surface area (Å²) in [4.78, 5) is 73.4. The number of ether oxygens (including phenoxy) is 8. The third-order valence-electron chi connectivity index (χ3n) is 7.34. The molecule has 3 rings (SSSR count). The van der Waals surface area contributed by atoms with Crippen molar-refractivity contribution in [1.29, 1.82) is 0 Å². The Morgan fingerprint density at radius 2 is 1.34 bits per heavy atom. The molecule has 1 saturated heterocycles. The molecular formula is C37H48N2O19S. The van der Waals surface area contributed by atoms with Gasteiger partial charge in [0.2, 0.25) is 12.4 Å². The molecule has 2 aromatic rings. The quantitative estimate of drug-likeness (QED) is 0.103. The van der Waals surface area contributed by atoms with Gasteiger partial charge in [0.15, 0.2) is 23.7 Å². The van der Waals surface area contributed by atoms with Crippen molar-refractivity contribution in [1.82, 2.24) is 10.6 Å². The van der Waals surface area contributed by atoms with Crippen molar-refractivity contribution in [3.63, 3.8) is 0 Å². The molecular weight excluding hydrogens is 808 g/mol. The number of aliphatic hydroxyl groups excluding tert-OH is 1. The van der Waals surface area contributed by atoms with Gasteiger partial charge >= 0.3 is 40.4 Å². The molecule has 21 nitrogen and oxygen atoms in total. The second-order valence-corrected chi connectivity index (χ2v) is 14.7. The second-order valence-electron chi connectivity index (χ2n) is 13.5. The minimum absolute atomic E-state index is 0.0182. The molecule has 3 N–H and O–H groups in total. The van der Waals surface area contributed by atoms with E-state index in [1.165, 1.54) is 30.3 Å². The van der Waals surface area contributed by atoms with E-state index in [4.69, 9.17) is 46.3 Å². The van der Waals surface area contributed by atoms with E-state index in [0.717, 1.165) is 39.8 Å². The Hall–Kier alpha value is -5.71. The van der Waals surface area contributed by atoms with E-state index in [2.05, 4.69) is 10.6 Å². The number of hydrogen-bond acceptors (Lipinski definition) is 19. The van der Waals surface area contributed by atoms with Crippen LogP contribution in [0.5, 0.6) is 17.2 Å². The topological polar surface area (TPSA) is 273 Å². The Labute approximate surface area is 340 Å². The minimum Gasteiger partial charge on any atom is -0.463 e. The van der Waals surface area contributed by atoms with Gasteiger partial charge in [-0.2, -0.15) is 0 Å². The van der Waals surface area contributed by atoms with Crippen molar-refractivity contribution < 1.29 is 88.6 Å². The van der Waals surface area contributed by atoms with Crippen molar-refractivity contribution in [3.8, 4) is 17.2 Å². The van der Waals surface area contributed by atoms with Crippen molar-refractivity contribution in [2.75, 3.05) is 32.9 Å². The number of benzene rings is 2. The molecule has 1 unspecified atom stereocenters. The van der Waals surface area contributed by atoms with Gasteiger partial charge in [-0.25, -0.2) is 4.79 Å². The fourth-order valence-corrected chi connectivity index (χ4v) is 5.83. The average molecular weight is 857 g/mol. The molecule has 59 heavy (non-hydrogen) atoms. The van der Waals surface area contributed by atoms with Crippen LogP contribution in [0.2, 0.25) is 0 Å². The van der Waals surface area contributed by atoms with Crippen LogP contribution in [0.25, 0.3) is 0 Å². The Morgan fingerprint density at radius 3 is 1.92 bits per heavy atom. The lowest BCUT2D eigenvalue weighted by Crippen LogP contribution is -2.63.